The molecule has 1 aromatic rings. The summed E-state index contributed by atoms with van der Waals surface area (Å²) in [4.78, 5) is 10.0. The van der Waals surface area contributed by atoms with Gasteiger partial charge < -0.3 is 11.1 Å². The normalized spacial score (nSPS) is 9.50. The molecule has 0 saturated heterocycles. The molecule has 0 heterocycles. The van der Waals surface area contributed by atoms with Crippen LogP contribution in [0.4, 0.5) is 10.1 Å². The minimum atomic E-state index is -0.353. The number of hydrogen-bond donors (Lipinski definition) is 2. The molecule has 3 N–H and O–H groups in total. The molecular formula is C8H9FN2O. The maximum Gasteiger partial charge on any atom is 0.211 e. The molecule has 0 spiro atoms. The Morgan fingerprint density at radius 1 is 1.58 bits per heavy atom. The van der Waals surface area contributed by atoms with Gasteiger partial charge in [0.2, 0.25) is 6.41 Å². The lowest BCUT2D eigenvalue weighted by molar-refractivity contribution is -0.105. The van der Waals surface area contributed by atoms with Crippen molar-refractivity contribution in [2.24, 2.45) is 5.73 Å². The predicted octanol–water partition coefficient (Wildman–Crippen LogP) is 0.853. The Hall–Kier alpha value is -1.42. The zero-order chi connectivity index (χ0) is 8.97. The van der Waals surface area contributed by atoms with Gasteiger partial charge in [-0.3, -0.25) is 4.79 Å². The van der Waals surface area contributed by atoms with Crippen LogP contribution in [-0.4, -0.2) is 6.41 Å². The van der Waals surface area contributed by atoms with Gasteiger partial charge in [0.05, 0.1) is 0 Å². The molecule has 0 aliphatic rings. The third kappa shape index (κ3) is 1.79. The fourth-order valence-electron chi connectivity index (χ4n) is 0.889. The molecule has 0 aromatic heterocycles. The summed E-state index contributed by atoms with van der Waals surface area (Å²) in [6.45, 7) is 0.125. The molecule has 0 saturated carbocycles. The van der Waals surface area contributed by atoms with Gasteiger partial charge in [-0.15, -0.1) is 0 Å². The van der Waals surface area contributed by atoms with Gasteiger partial charge in [-0.2, -0.15) is 0 Å². The van der Waals surface area contributed by atoms with Crippen molar-refractivity contribution in [3.63, 3.8) is 0 Å². The molecule has 1 rings (SSSR count). The Labute approximate surface area is 69.4 Å². The van der Waals surface area contributed by atoms with E-state index in [1.807, 2.05) is 0 Å². The summed E-state index contributed by atoms with van der Waals surface area (Å²) in [7, 11) is 0. The van der Waals surface area contributed by atoms with Crippen molar-refractivity contribution in [3.8, 4) is 0 Å². The molecule has 12 heavy (non-hydrogen) atoms. The fraction of sp³-hybridized carbons (Fsp3) is 0.125. The van der Waals surface area contributed by atoms with Crippen molar-refractivity contribution < 1.29 is 9.18 Å². The molecule has 1 amide bonds. The number of carbonyl (C=O) groups excluding carboxylic acids is 1. The lowest BCUT2D eigenvalue weighted by atomic mass is 10.2. The van der Waals surface area contributed by atoms with Crippen molar-refractivity contribution in [1.29, 1.82) is 0 Å². The number of carbonyl (C=O) groups is 1. The summed E-state index contributed by atoms with van der Waals surface area (Å²) >= 11 is 0. The quantitative estimate of drug-likeness (QED) is 0.657. The Morgan fingerprint density at radius 2 is 2.33 bits per heavy atom. The molecular weight excluding hydrogens is 159 g/mol. The summed E-state index contributed by atoms with van der Waals surface area (Å²) in [5.74, 6) is -0.353. The molecule has 64 valence electrons. The Morgan fingerprint density at radius 3 is 2.92 bits per heavy atom. The highest BCUT2D eigenvalue weighted by Gasteiger charge is 2.00. The van der Waals surface area contributed by atoms with Gasteiger partial charge in [0.25, 0.3) is 0 Å². The van der Waals surface area contributed by atoms with Crippen molar-refractivity contribution in [3.05, 3.63) is 29.6 Å². The van der Waals surface area contributed by atoms with E-state index in [9.17, 15) is 9.18 Å². The van der Waals surface area contributed by atoms with Crippen molar-refractivity contribution in [2.75, 3.05) is 5.32 Å². The van der Waals surface area contributed by atoms with Gasteiger partial charge in [-0.05, 0) is 18.2 Å². The number of hydrogen-bond acceptors (Lipinski definition) is 2. The lowest BCUT2D eigenvalue weighted by Gasteiger charge is -2.02. The lowest BCUT2D eigenvalue weighted by Crippen LogP contribution is -2.01. The highest BCUT2D eigenvalue weighted by molar-refractivity contribution is 5.71. The Balaban J connectivity index is 2.96. The van der Waals surface area contributed by atoms with Crippen molar-refractivity contribution >= 4 is 12.1 Å². The van der Waals surface area contributed by atoms with E-state index in [0.717, 1.165) is 0 Å². The second-order valence-corrected chi connectivity index (χ2v) is 2.27. The molecule has 0 fully saturated rings. The van der Waals surface area contributed by atoms with Crippen LogP contribution < -0.4 is 11.1 Å². The molecule has 1 aromatic carbocycles. The first-order chi connectivity index (χ1) is 5.77. The number of amides is 1. The van der Waals surface area contributed by atoms with Gasteiger partial charge >= 0.3 is 0 Å². The van der Waals surface area contributed by atoms with E-state index in [1.54, 1.807) is 0 Å². The zero-order valence-corrected chi connectivity index (χ0v) is 6.38. The first-order valence-electron chi connectivity index (χ1n) is 3.46. The highest BCUT2D eigenvalue weighted by Crippen LogP contribution is 2.13. The Bertz CT molecular complexity index is 288. The second kappa shape index (κ2) is 3.82. The van der Waals surface area contributed by atoms with Gasteiger partial charge in [-0.1, -0.05) is 0 Å². The van der Waals surface area contributed by atoms with Crippen LogP contribution in [0.1, 0.15) is 5.56 Å². The van der Waals surface area contributed by atoms with E-state index in [1.165, 1.54) is 18.2 Å². The minimum Gasteiger partial charge on any atom is -0.329 e. The summed E-state index contributed by atoms with van der Waals surface area (Å²) in [5.41, 5.74) is 6.20. The number of halogens is 1. The van der Waals surface area contributed by atoms with Gasteiger partial charge in [-0.25, -0.2) is 4.39 Å². The van der Waals surface area contributed by atoms with E-state index in [4.69, 9.17) is 5.73 Å². The van der Waals surface area contributed by atoms with E-state index in [2.05, 4.69) is 5.32 Å². The first-order valence-corrected chi connectivity index (χ1v) is 3.46. The van der Waals surface area contributed by atoms with E-state index in [0.29, 0.717) is 17.7 Å². The smallest absolute Gasteiger partial charge is 0.211 e. The fourth-order valence-corrected chi connectivity index (χ4v) is 0.889. The number of nitrogens with one attached hydrogen (secondary N) is 1. The molecule has 0 aliphatic heterocycles. The van der Waals surface area contributed by atoms with Gasteiger partial charge in [0, 0.05) is 17.8 Å². The van der Waals surface area contributed by atoms with Crippen molar-refractivity contribution in [1.82, 2.24) is 0 Å². The third-order valence-electron chi connectivity index (χ3n) is 1.49. The molecule has 0 aliphatic carbocycles. The van der Waals surface area contributed by atoms with Crippen LogP contribution in [0, 0.1) is 5.82 Å². The SMILES string of the molecule is NCc1cc(NC=O)ccc1F. The molecule has 3 nitrogen and oxygen atoms in total. The number of benzene rings is 1. The molecule has 0 radical (unpaired) electrons. The standard InChI is InChI=1S/C8H9FN2O/c9-8-2-1-7(11-5-12)3-6(8)4-10/h1-3,5H,4,10H2,(H,11,12). The maximum absolute atomic E-state index is 12.8. The molecule has 0 unspecified atom stereocenters. The highest BCUT2D eigenvalue weighted by atomic mass is 19.1. The summed E-state index contributed by atoms with van der Waals surface area (Å²) in [5, 5.41) is 2.41. The van der Waals surface area contributed by atoms with E-state index >= 15 is 0 Å². The minimum absolute atomic E-state index is 0.125. The van der Waals surface area contributed by atoms with Crippen LogP contribution in [-0.2, 0) is 11.3 Å². The largest absolute Gasteiger partial charge is 0.329 e. The summed E-state index contributed by atoms with van der Waals surface area (Å²) < 4.78 is 12.8. The Kier molecular flexibility index (Phi) is 2.76. The predicted molar refractivity (Wildman–Crippen MR) is 44.0 cm³/mol. The molecule has 0 bridgehead atoms. The zero-order valence-electron chi connectivity index (χ0n) is 6.38. The average molecular weight is 168 g/mol. The summed E-state index contributed by atoms with van der Waals surface area (Å²) in [6.07, 6.45) is 0.535. The monoisotopic (exact) mass is 168 g/mol. The van der Waals surface area contributed by atoms with Crippen LogP contribution in [0.25, 0.3) is 0 Å². The van der Waals surface area contributed by atoms with E-state index in [-0.39, 0.29) is 12.4 Å². The van der Waals surface area contributed by atoms with E-state index < -0.39 is 0 Å². The van der Waals surface area contributed by atoms with Crippen LogP contribution in [0.15, 0.2) is 18.2 Å². The summed E-state index contributed by atoms with van der Waals surface area (Å²) in [6, 6.07) is 4.25. The van der Waals surface area contributed by atoms with Gasteiger partial charge in [0.15, 0.2) is 0 Å². The number of rotatable bonds is 3. The molecule has 0 atom stereocenters. The van der Waals surface area contributed by atoms with Crippen LogP contribution in [0.5, 0.6) is 0 Å². The van der Waals surface area contributed by atoms with Gasteiger partial charge in [0.1, 0.15) is 5.82 Å². The maximum atomic E-state index is 12.8. The average Bonchev–Trinajstić information content (AvgIpc) is 2.09. The number of nitrogens with two attached hydrogens (primary N) is 1. The number of anilines is 1. The van der Waals surface area contributed by atoms with Crippen LogP contribution >= 0.6 is 0 Å². The third-order valence-corrected chi connectivity index (χ3v) is 1.49. The molecule has 4 heteroatoms. The first kappa shape index (κ1) is 8.67. The second-order valence-electron chi connectivity index (χ2n) is 2.27. The van der Waals surface area contributed by atoms with Crippen LogP contribution in [0.2, 0.25) is 0 Å². The topological polar surface area (TPSA) is 55.1 Å². The van der Waals surface area contributed by atoms with Crippen molar-refractivity contribution in [2.45, 2.75) is 6.54 Å². The van der Waals surface area contributed by atoms with Crippen LogP contribution in [0.3, 0.4) is 0 Å².